The molecule has 0 unspecified atom stereocenters. The number of hydrogen-bond acceptors (Lipinski definition) is 0. The van der Waals surface area contributed by atoms with Crippen molar-refractivity contribution in [2.24, 2.45) is 0 Å². The summed E-state index contributed by atoms with van der Waals surface area (Å²) < 4.78 is 37.5. The summed E-state index contributed by atoms with van der Waals surface area (Å²) in [6.45, 7) is 9.71. The van der Waals surface area contributed by atoms with E-state index in [0.29, 0.717) is 5.56 Å². The molecule has 0 saturated heterocycles. The number of rotatable bonds is 2. The highest BCUT2D eigenvalue weighted by molar-refractivity contribution is 5.57. The fourth-order valence-electron chi connectivity index (χ4n) is 1.34. The van der Waals surface area contributed by atoms with E-state index in [0.717, 1.165) is 23.6 Å². The maximum absolute atomic E-state index is 12.5. The SMILES string of the molecule is CC.CC/C(C)=C\c1cc(C(F)(F)F)ccc1C. The molecule has 0 bridgehead atoms. The molecule has 1 aromatic rings. The van der Waals surface area contributed by atoms with Gasteiger partial charge in [0.15, 0.2) is 0 Å². The van der Waals surface area contributed by atoms with Gasteiger partial charge in [-0.05, 0) is 43.5 Å². The van der Waals surface area contributed by atoms with Crippen LogP contribution in [0.1, 0.15) is 50.8 Å². The quantitative estimate of drug-likeness (QED) is 0.623. The van der Waals surface area contributed by atoms with Gasteiger partial charge in [-0.1, -0.05) is 38.5 Å². The van der Waals surface area contributed by atoms with Crippen LogP contribution in [0.5, 0.6) is 0 Å². The van der Waals surface area contributed by atoms with Crippen LogP contribution in [-0.2, 0) is 6.18 Å². The molecule has 1 rings (SSSR count). The third-order valence-electron chi connectivity index (χ3n) is 2.57. The van der Waals surface area contributed by atoms with Crippen LogP contribution in [-0.4, -0.2) is 0 Å². The number of hydrogen-bond donors (Lipinski definition) is 0. The first-order chi connectivity index (χ1) is 8.34. The van der Waals surface area contributed by atoms with E-state index in [4.69, 9.17) is 0 Å². The normalized spacial score (nSPS) is 11.9. The molecule has 0 aliphatic rings. The first-order valence-corrected chi connectivity index (χ1v) is 6.19. The molecule has 0 heterocycles. The minimum Gasteiger partial charge on any atom is -0.166 e. The van der Waals surface area contributed by atoms with Crippen LogP contribution in [0.15, 0.2) is 23.8 Å². The Kier molecular flexibility index (Phi) is 6.74. The first kappa shape index (κ1) is 16.8. The molecule has 3 heteroatoms. The molecule has 0 saturated carbocycles. The molecule has 0 aliphatic carbocycles. The summed E-state index contributed by atoms with van der Waals surface area (Å²) in [5, 5.41) is 0. The van der Waals surface area contributed by atoms with E-state index in [1.54, 1.807) is 0 Å². The van der Waals surface area contributed by atoms with Gasteiger partial charge in [0.1, 0.15) is 0 Å². The minimum atomic E-state index is -4.27. The van der Waals surface area contributed by atoms with Crippen molar-refractivity contribution in [1.29, 1.82) is 0 Å². The maximum Gasteiger partial charge on any atom is 0.416 e. The van der Waals surface area contributed by atoms with Gasteiger partial charge >= 0.3 is 6.18 Å². The summed E-state index contributed by atoms with van der Waals surface area (Å²) in [6.07, 6.45) is -1.61. The lowest BCUT2D eigenvalue weighted by atomic mass is 10.0. The van der Waals surface area contributed by atoms with E-state index < -0.39 is 11.7 Å². The van der Waals surface area contributed by atoms with Gasteiger partial charge in [-0.3, -0.25) is 0 Å². The number of alkyl halides is 3. The molecule has 0 spiro atoms. The highest BCUT2D eigenvalue weighted by Crippen LogP contribution is 2.31. The molecular weight excluding hydrogens is 237 g/mol. The lowest BCUT2D eigenvalue weighted by molar-refractivity contribution is -0.137. The van der Waals surface area contributed by atoms with E-state index in [9.17, 15) is 13.2 Å². The Hall–Kier alpha value is -1.25. The van der Waals surface area contributed by atoms with E-state index in [1.165, 1.54) is 12.1 Å². The molecule has 0 nitrogen and oxygen atoms in total. The third kappa shape index (κ3) is 4.94. The summed E-state index contributed by atoms with van der Waals surface area (Å²) in [6, 6.07) is 3.83. The predicted molar refractivity (Wildman–Crippen MR) is 71.5 cm³/mol. The number of halogens is 3. The largest absolute Gasteiger partial charge is 0.416 e. The zero-order valence-electron chi connectivity index (χ0n) is 11.7. The molecule has 18 heavy (non-hydrogen) atoms. The fraction of sp³-hybridized carbons (Fsp3) is 0.467. The van der Waals surface area contributed by atoms with Gasteiger partial charge in [-0.2, -0.15) is 13.2 Å². The number of aryl methyl sites for hydroxylation is 1. The lowest BCUT2D eigenvalue weighted by Gasteiger charge is -2.09. The summed E-state index contributed by atoms with van der Waals surface area (Å²) in [7, 11) is 0. The Morgan fingerprint density at radius 3 is 2.22 bits per heavy atom. The van der Waals surface area contributed by atoms with Crippen molar-refractivity contribution in [1.82, 2.24) is 0 Å². The van der Waals surface area contributed by atoms with Crippen molar-refractivity contribution >= 4 is 6.08 Å². The first-order valence-electron chi connectivity index (χ1n) is 6.19. The standard InChI is InChI=1S/C13H15F3.C2H6/c1-4-9(2)7-11-8-12(13(14,15)16)6-5-10(11)3;1-2/h5-8H,4H2,1-3H3;1-2H3/b9-7-;. The molecule has 1 aromatic carbocycles. The number of benzene rings is 1. The second-order valence-corrected chi connectivity index (χ2v) is 3.91. The summed E-state index contributed by atoms with van der Waals surface area (Å²) >= 11 is 0. The topological polar surface area (TPSA) is 0 Å². The Balaban J connectivity index is 0.00000137. The minimum absolute atomic E-state index is 0.590. The van der Waals surface area contributed by atoms with Crippen molar-refractivity contribution in [2.75, 3.05) is 0 Å². The molecule has 0 N–H and O–H groups in total. The molecule has 102 valence electrons. The highest BCUT2D eigenvalue weighted by Gasteiger charge is 2.30. The van der Waals surface area contributed by atoms with Crippen molar-refractivity contribution in [3.63, 3.8) is 0 Å². The predicted octanol–water partition coefficient (Wildman–Crippen LogP) is 5.85. The van der Waals surface area contributed by atoms with Gasteiger partial charge < -0.3 is 0 Å². The molecule has 0 aliphatic heterocycles. The zero-order chi connectivity index (χ0) is 14.3. The second kappa shape index (κ2) is 7.24. The van der Waals surface area contributed by atoms with Crippen LogP contribution in [0.4, 0.5) is 13.2 Å². The monoisotopic (exact) mass is 258 g/mol. The van der Waals surface area contributed by atoms with E-state index in [-0.39, 0.29) is 0 Å². The van der Waals surface area contributed by atoms with Gasteiger partial charge in [0.25, 0.3) is 0 Å². The van der Waals surface area contributed by atoms with Gasteiger partial charge in [0.2, 0.25) is 0 Å². The molecule has 0 atom stereocenters. The van der Waals surface area contributed by atoms with Gasteiger partial charge in [-0.15, -0.1) is 0 Å². The van der Waals surface area contributed by atoms with Crippen LogP contribution >= 0.6 is 0 Å². The van der Waals surface area contributed by atoms with Crippen molar-refractivity contribution in [3.05, 3.63) is 40.5 Å². The zero-order valence-corrected chi connectivity index (χ0v) is 11.7. The summed E-state index contributed by atoms with van der Waals surface area (Å²) in [5.74, 6) is 0. The van der Waals surface area contributed by atoms with Crippen LogP contribution in [0.25, 0.3) is 6.08 Å². The highest BCUT2D eigenvalue weighted by atomic mass is 19.4. The smallest absolute Gasteiger partial charge is 0.166 e. The molecule has 0 fully saturated rings. The lowest BCUT2D eigenvalue weighted by Crippen LogP contribution is -2.05. The van der Waals surface area contributed by atoms with Crippen LogP contribution < -0.4 is 0 Å². The Morgan fingerprint density at radius 2 is 1.78 bits per heavy atom. The van der Waals surface area contributed by atoms with Gasteiger partial charge in [0.05, 0.1) is 5.56 Å². The molecule has 0 radical (unpaired) electrons. The average Bonchev–Trinajstić information content (AvgIpc) is 2.33. The molecular formula is C15H21F3. The average molecular weight is 258 g/mol. The van der Waals surface area contributed by atoms with Crippen LogP contribution in [0.3, 0.4) is 0 Å². The van der Waals surface area contributed by atoms with Crippen molar-refractivity contribution in [2.45, 2.75) is 47.2 Å². The van der Waals surface area contributed by atoms with Gasteiger partial charge in [0, 0.05) is 0 Å². The number of allylic oxidation sites excluding steroid dienone is 1. The maximum atomic E-state index is 12.5. The molecule has 0 amide bonds. The van der Waals surface area contributed by atoms with E-state index in [1.807, 2.05) is 40.7 Å². The fourth-order valence-corrected chi connectivity index (χ4v) is 1.34. The van der Waals surface area contributed by atoms with E-state index >= 15 is 0 Å². The van der Waals surface area contributed by atoms with Crippen molar-refractivity contribution in [3.8, 4) is 0 Å². The molecule has 0 aromatic heterocycles. The Morgan fingerprint density at radius 1 is 1.22 bits per heavy atom. The van der Waals surface area contributed by atoms with Crippen molar-refractivity contribution < 1.29 is 13.2 Å². The Labute approximate surface area is 108 Å². The van der Waals surface area contributed by atoms with Gasteiger partial charge in [-0.25, -0.2) is 0 Å². The summed E-state index contributed by atoms with van der Waals surface area (Å²) in [4.78, 5) is 0. The third-order valence-corrected chi connectivity index (χ3v) is 2.57. The summed E-state index contributed by atoms with van der Waals surface area (Å²) in [5.41, 5.74) is 1.99. The Bertz CT molecular complexity index is 401. The van der Waals surface area contributed by atoms with E-state index in [2.05, 4.69) is 0 Å². The van der Waals surface area contributed by atoms with Crippen LogP contribution in [0, 0.1) is 6.92 Å². The van der Waals surface area contributed by atoms with Crippen LogP contribution in [0.2, 0.25) is 0 Å². The second-order valence-electron chi connectivity index (χ2n) is 3.91.